The summed E-state index contributed by atoms with van der Waals surface area (Å²) < 4.78 is 0. The fraction of sp³-hybridized carbons (Fsp3) is 0.500. The lowest BCUT2D eigenvalue weighted by Crippen LogP contribution is -2.28. The van der Waals surface area contributed by atoms with Crippen LogP contribution in [0.2, 0.25) is 0 Å². The van der Waals surface area contributed by atoms with Crippen LogP contribution in [-0.2, 0) is 10.3 Å². The number of amides is 1. The fourth-order valence-corrected chi connectivity index (χ4v) is 1.56. The van der Waals surface area contributed by atoms with Crippen LogP contribution in [0.4, 0.5) is 0 Å². The predicted molar refractivity (Wildman–Crippen MR) is 70.1 cm³/mol. The van der Waals surface area contributed by atoms with E-state index in [4.69, 9.17) is 4.84 Å². The van der Waals surface area contributed by atoms with E-state index in [1.807, 2.05) is 20.8 Å². The molecule has 0 aliphatic heterocycles. The lowest BCUT2D eigenvalue weighted by molar-refractivity contribution is 0.0374. The van der Waals surface area contributed by atoms with Gasteiger partial charge in [-0.1, -0.05) is 36.7 Å². The van der Waals surface area contributed by atoms with E-state index in [1.54, 1.807) is 18.3 Å². The van der Waals surface area contributed by atoms with Crippen molar-refractivity contribution >= 4 is 21.8 Å². The van der Waals surface area contributed by atoms with Crippen LogP contribution in [0.25, 0.3) is 0 Å². The number of aromatic nitrogens is 1. The van der Waals surface area contributed by atoms with Gasteiger partial charge in [-0.3, -0.25) is 14.6 Å². The molecular weight excluding hydrogens is 284 g/mol. The first-order valence-corrected chi connectivity index (χ1v) is 6.52. The number of hydroxylamine groups is 1. The van der Waals surface area contributed by atoms with Gasteiger partial charge in [-0.2, -0.15) is 0 Å². The van der Waals surface area contributed by atoms with E-state index in [-0.39, 0.29) is 11.3 Å². The van der Waals surface area contributed by atoms with Crippen LogP contribution in [0.5, 0.6) is 0 Å². The first kappa shape index (κ1) is 14.1. The van der Waals surface area contributed by atoms with E-state index in [9.17, 15) is 4.79 Å². The van der Waals surface area contributed by atoms with E-state index in [0.29, 0.717) is 17.5 Å². The number of halogens is 1. The van der Waals surface area contributed by atoms with Gasteiger partial charge in [0.15, 0.2) is 0 Å². The van der Waals surface area contributed by atoms with Crippen molar-refractivity contribution in [2.45, 2.75) is 26.2 Å². The monoisotopic (exact) mass is 300 g/mol. The molecule has 1 rings (SSSR count). The molecule has 0 fully saturated rings. The second-order valence-corrected chi connectivity index (χ2v) is 5.41. The van der Waals surface area contributed by atoms with Crippen LogP contribution in [0.1, 0.15) is 36.8 Å². The molecule has 17 heavy (non-hydrogen) atoms. The van der Waals surface area contributed by atoms with E-state index < -0.39 is 0 Å². The zero-order chi connectivity index (χ0) is 12.9. The summed E-state index contributed by atoms with van der Waals surface area (Å²) in [6.45, 7) is 6.49. The molecule has 0 bridgehead atoms. The van der Waals surface area contributed by atoms with Gasteiger partial charge in [0.05, 0.1) is 17.9 Å². The molecule has 0 radical (unpaired) electrons. The van der Waals surface area contributed by atoms with Crippen molar-refractivity contribution in [3.05, 3.63) is 29.6 Å². The highest BCUT2D eigenvalue weighted by atomic mass is 79.9. The third-order valence-corrected chi connectivity index (χ3v) is 2.43. The summed E-state index contributed by atoms with van der Waals surface area (Å²) in [5.41, 5.74) is 3.54. The van der Waals surface area contributed by atoms with Gasteiger partial charge in [0.2, 0.25) is 0 Å². The number of carbonyl (C=O) groups is 1. The molecule has 0 spiro atoms. The third-order valence-electron chi connectivity index (χ3n) is 2.11. The predicted octanol–water partition coefficient (Wildman–Crippen LogP) is 2.44. The summed E-state index contributed by atoms with van der Waals surface area (Å²) in [4.78, 5) is 21.2. The summed E-state index contributed by atoms with van der Waals surface area (Å²) in [7, 11) is 0. The van der Waals surface area contributed by atoms with Crippen LogP contribution in [0.3, 0.4) is 0 Å². The average Bonchev–Trinajstić information content (AvgIpc) is 2.28. The molecule has 1 heterocycles. The number of hydrogen-bond donors (Lipinski definition) is 1. The van der Waals surface area contributed by atoms with Gasteiger partial charge in [-0.15, -0.1) is 0 Å². The second kappa shape index (κ2) is 6.12. The summed E-state index contributed by atoms with van der Waals surface area (Å²) in [6, 6.07) is 3.50. The van der Waals surface area contributed by atoms with Crippen molar-refractivity contribution in [3.8, 4) is 0 Å². The highest BCUT2D eigenvalue weighted by Gasteiger charge is 2.22. The van der Waals surface area contributed by atoms with Gasteiger partial charge in [-0.05, 0) is 12.1 Å². The Morgan fingerprint density at radius 2 is 2.24 bits per heavy atom. The maximum Gasteiger partial charge on any atom is 0.276 e. The molecular formula is C12H17BrN2O2. The standard InChI is InChI=1S/C12H17BrN2O2/c1-12(2,3)10-9(5-4-7-14-10)11(16)15-17-8-6-13/h4-5,7H,6,8H2,1-3H3,(H,15,16). The number of hydrogen-bond acceptors (Lipinski definition) is 3. The first-order chi connectivity index (χ1) is 7.96. The Morgan fingerprint density at radius 3 is 2.82 bits per heavy atom. The fourth-order valence-electron chi connectivity index (χ4n) is 1.40. The Morgan fingerprint density at radius 1 is 1.53 bits per heavy atom. The maximum absolute atomic E-state index is 11.9. The number of pyridine rings is 1. The van der Waals surface area contributed by atoms with Crippen molar-refractivity contribution in [1.29, 1.82) is 0 Å². The summed E-state index contributed by atoms with van der Waals surface area (Å²) >= 11 is 3.21. The molecule has 0 unspecified atom stereocenters. The van der Waals surface area contributed by atoms with E-state index >= 15 is 0 Å². The van der Waals surface area contributed by atoms with Crippen molar-refractivity contribution in [2.24, 2.45) is 0 Å². The van der Waals surface area contributed by atoms with Gasteiger partial charge in [0.1, 0.15) is 0 Å². The number of rotatable bonds is 4. The summed E-state index contributed by atoms with van der Waals surface area (Å²) in [5, 5.41) is 0.673. The zero-order valence-electron chi connectivity index (χ0n) is 10.3. The minimum absolute atomic E-state index is 0.177. The van der Waals surface area contributed by atoms with E-state index in [2.05, 4.69) is 26.4 Å². The van der Waals surface area contributed by atoms with Gasteiger partial charge in [-0.25, -0.2) is 5.48 Å². The van der Waals surface area contributed by atoms with E-state index in [0.717, 1.165) is 5.69 Å². The zero-order valence-corrected chi connectivity index (χ0v) is 11.9. The molecule has 1 aromatic heterocycles. The van der Waals surface area contributed by atoms with Crippen LogP contribution in [-0.4, -0.2) is 22.8 Å². The minimum Gasteiger partial charge on any atom is -0.273 e. The highest BCUT2D eigenvalue weighted by molar-refractivity contribution is 9.09. The lowest BCUT2D eigenvalue weighted by atomic mass is 9.88. The largest absolute Gasteiger partial charge is 0.276 e. The van der Waals surface area contributed by atoms with E-state index in [1.165, 1.54) is 0 Å². The third kappa shape index (κ3) is 4.09. The molecule has 0 saturated carbocycles. The Labute approximate surface area is 110 Å². The molecule has 1 N–H and O–H groups in total. The van der Waals surface area contributed by atoms with Gasteiger partial charge >= 0.3 is 0 Å². The normalized spacial score (nSPS) is 11.3. The SMILES string of the molecule is CC(C)(C)c1ncccc1C(=O)NOCCBr. The molecule has 0 aliphatic carbocycles. The molecule has 0 saturated heterocycles. The Kier molecular flexibility index (Phi) is 5.08. The number of alkyl halides is 1. The van der Waals surface area contributed by atoms with Crippen LogP contribution in [0.15, 0.2) is 18.3 Å². The maximum atomic E-state index is 11.9. The lowest BCUT2D eigenvalue weighted by Gasteiger charge is -2.20. The van der Waals surface area contributed by atoms with Gasteiger partial charge in [0.25, 0.3) is 5.91 Å². The molecule has 0 atom stereocenters. The molecule has 5 heteroatoms. The van der Waals surface area contributed by atoms with Crippen molar-refractivity contribution in [2.75, 3.05) is 11.9 Å². The highest BCUT2D eigenvalue weighted by Crippen LogP contribution is 2.23. The molecule has 0 aromatic carbocycles. The van der Waals surface area contributed by atoms with Crippen LogP contribution < -0.4 is 5.48 Å². The van der Waals surface area contributed by atoms with Crippen molar-refractivity contribution in [1.82, 2.24) is 10.5 Å². The molecule has 4 nitrogen and oxygen atoms in total. The second-order valence-electron chi connectivity index (χ2n) is 4.62. The molecule has 1 aromatic rings. The van der Waals surface area contributed by atoms with Crippen molar-refractivity contribution in [3.63, 3.8) is 0 Å². The first-order valence-electron chi connectivity index (χ1n) is 5.40. The topological polar surface area (TPSA) is 51.2 Å². The molecule has 1 amide bonds. The summed E-state index contributed by atoms with van der Waals surface area (Å²) in [6.07, 6.45) is 1.69. The minimum atomic E-state index is -0.260. The van der Waals surface area contributed by atoms with Crippen LogP contribution in [0, 0.1) is 0 Å². The quantitative estimate of drug-likeness (QED) is 0.528. The molecule has 94 valence electrons. The number of carbonyl (C=O) groups excluding carboxylic acids is 1. The van der Waals surface area contributed by atoms with Crippen LogP contribution >= 0.6 is 15.9 Å². The summed E-state index contributed by atoms with van der Waals surface area (Å²) in [5.74, 6) is -0.260. The van der Waals surface area contributed by atoms with Gasteiger partial charge < -0.3 is 0 Å². The average molecular weight is 301 g/mol. The smallest absolute Gasteiger partial charge is 0.273 e. The molecule has 0 aliphatic rings. The Balaban J connectivity index is 2.86. The Hall–Kier alpha value is -0.940. The van der Waals surface area contributed by atoms with Gasteiger partial charge in [0, 0.05) is 16.9 Å². The number of nitrogens with one attached hydrogen (secondary N) is 1. The number of nitrogens with zero attached hydrogens (tertiary/aromatic N) is 1. The Bertz CT molecular complexity index is 388. The van der Waals surface area contributed by atoms with Crippen molar-refractivity contribution < 1.29 is 9.63 Å².